The van der Waals surface area contributed by atoms with Gasteiger partial charge in [0, 0.05) is 0 Å². The Balaban J connectivity index is 4.07. The Morgan fingerprint density at radius 1 is 1.20 bits per heavy atom. The van der Waals surface area contributed by atoms with Crippen LogP contribution < -0.4 is 0 Å². The van der Waals surface area contributed by atoms with E-state index in [9.17, 15) is 9.59 Å². The minimum Gasteiger partial charge on any atom is -0.480 e. The molecule has 2 atom stereocenters. The molecule has 0 fully saturated rings. The maximum atomic E-state index is 10.4. The fourth-order valence-electron chi connectivity index (χ4n) is 0.270. The number of thiol groups is 3. The van der Waals surface area contributed by atoms with Crippen LogP contribution in [0.2, 0.25) is 0 Å². The van der Waals surface area contributed by atoms with Gasteiger partial charge in [0.15, 0.2) is 5.12 Å². The smallest absolute Gasteiger partial charge is 0.317 e. The van der Waals surface area contributed by atoms with Crippen molar-refractivity contribution in [2.75, 3.05) is 0 Å². The summed E-state index contributed by atoms with van der Waals surface area (Å²) >= 11 is 10.7. The largest absolute Gasteiger partial charge is 0.480 e. The average molecular weight is 198 g/mol. The number of carboxylic acid groups (broad SMARTS) is 1. The van der Waals surface area contributed by atoms with Crippen molar-refractivity contribution >= 4 is 49.0 Å². The Bertz CT molecular complexity index is 140. The first-order valence-electron chi connectivity index (χ1n) is 2.28. The van der Waals surface area contributed by atoms with Gasteiger partial charge < -0.3 is 5.11 Å². The molecule has 0 bridgehead atoms. The summed E-state index contributed by atoms with van der Waals surface area (Å²) in [5.74, 6) is -1.18. The van der Waals surface area contributed by atoms with Gasteiger partial charge in [-0.25, -0.2) is 0 Å². The van der Waals surface area contributed by atoms with E-state index >= 15 is 0 Å². The van der Waals surface area contributed by atoms with Crippen LogP contribution in [-0.4, -0.2) is 26.7 Å². The molecule has 0 radical (unpaired) electrons. The molecule has 0 aromatic heterocycles. The molecule has 0 amide bonds. The van der Waals surface area contributed by atoms with E-state index in [1.54, 1.807) is 0 Å². The third kappa shape index (κ3) is 2.85. The van der Waals surface area contributed by atoms with Crippen LogP contribution in [0.1, 0.15) is 0 Å². The van der Waals surface area contributed by atoms with Gasteiger partial charge in [-0.3, -0.25) is 9.59 Å². The van der Waals surface area contributed by atoms with Crippen LogP contribution in [-0.2, 0) is 9.59 Å². The van der Waals surface area contributed by atoms with Crippen LogP contribution >= 0.6 is 37.9 Å². The van der Waals surface area contributed by atoms with E-state index in [1.807, 2.05) is 0 Å². The average Bonchev–Trinajstić information content (AvgIpc) is 1.84. The second kappa shape index (κ2) is 4.15. The van der Waals surface area contributed by atoms with Gasteiger partial charge in [0.1, 0.15) is 5.25 Å². The van der Waals surface area contributed by atoms with Crippen LogP contribution in [0.5, 0.6) is 0 Å². The van der Waals surface area contributed by atoms with Crippen LogP contribution in [0.4, 0.5) is 0 Å². The number of hydrogen-bond acceptors (Lipinski definition) is 4. The molecule has 58 valence electrons. The zero-order chi connectivity index (χ0) is 8.31. The topological polar surface area (TPSA) is 54.4 Å². The lowest BCUT2D eigenvalue weighted by Crippen LogP contribution is -2.29. The zero-order valence-corrected chi connectivity index (χ0v) is 7.44. The predicted octanol–water partition coefficient (Wildman–Crippen LogP) is 0.124. The van der Waals surface area contributed by atoms with Crippen molar-refractivity contribution in [3.05, 3.63) is 0 Å². The maximum Gasteiger partial charge on any atom is 0.317 e. The van der Waals surface area contributed by atoms with E-state index in [2.05, 4.69) is 37.9 Å². The van der Waals surface area contributed by atoms with E-state index in [4.69, 9.17) is 5.11 Å². The Kier molecular flexibility index (Phi) is 4.23. The second-order valence-corrected chi connectivity index (χ2v) is 3.12. The first-order chi connectivity index (χ1) is 4.46. The number of carbonyl (C=O) groups is 2. The van der Waals surface area contributed by atoms with Crippen molar-refractivity contribution in [1.82, 2.24) is 0 Å². The van der Waals surface area contributed by atoms with Gasteiger partial charge >= 0.3 is 5.97 Å². The molecule has 0 aliphatic carbocycles. The molecule has 0 spiro atoms. The van der Waals surface area contributed by atoms with Gasteiger partial charge in [-0.2, -0.15) is 25.3 Å². The lowest BCUT2D eigenvalue weighted by molar-refractivity contribution is -0.137. The normalized spacial score (nSPS) is 15.9. The van der Waals surface area contributed by atoms with Crippen molar-refractivity contribution in [2.45, 2.75) is 10.5 Å². The fraction of sp³-hybridized carbons (Fsp3) is 0.500. The summed E-state index contributed by atoms with van der Waals surface area (Å²) < 4.78 is 0. The first-order valence-corrected chi connectivity index (χ1v) is 3.76. The Morgan fingerprint density at radius 3 is 1.70 bits per heavy atom. The zero-order valence-electron chi connectivity index (χ0n) is 4.76. The summed E-state index contributed by atoms with van der Waals surface area (Å²) in [5, 5.41) is 5.65. The summed E-state index contributed by atoms with van der Waals surface area (Å²) in [6.07, 6.45) is 0. The van der Waals surface area contributed by atoms with Crippen molar-refractivity contribution in [3.8, 4) is 0 Å². The molecule has 0 aromatic carbocycles. The molecule has 0 rings (SSSR count). The Morgan fingerprint density at radius 2 is 1.60 bits per heavy atom. The van der Waals surface area contributed by atoms with Crippen LogP contribution in [0.3, 0.4) is 0 Å². The third-order valence-corrected chi connectivity index (χ3v) is 2.57. The molecule has 0 aliphatic heterocycles. The van der Waals surface area contributed by atoms with Crippen LogP contribution in [0.15, 0.2) is 0 Å². The lowest BCUT2D eigenvalue weighted by Gasteiger charge is -2.08. The predicted molar refractivity (Wildman–Crippen MR) is 47.2 cm³/mol. The molecule has 0 heterocycles. The molecular weight excluding hydrogens is 192 g/mol. The highest BCUT2D eigenvalue weighted by molar-refractivity contribution is 7.99. The van der Waals surface area contributed by atoms with Crippen LogP contribution in [0, 0.1) is 0 Å². The molecule has 1 N–H and O–H groups in total. The summed E-state index contributed by atoms with van der Waals surface area (Å²) in [4.78, 5) is 20.5. The van der Waals surface area contributed by atoms with Gasteiger partial charge in [0.05, 0.1) is 5.25 Å². The molecule has 2 unspecified atom stereocenters. The van der Waals surface area contributed by atoms with E-state index in [0.717, 1.165) is 0 Å². The Labute approximate surface area is 74.4 Å². The fourth-order valence-corrected chi connectivity index (χ4v) is 0.800. The molecular formula is C4H6O3S3. The minimum absolute atomic E-state index is 0.592. The molecule has 0 saturated carbocycles. The third-order valence-electron chi connectivity index (χ3n) is 0.805. The lowest BCUT2D eigenvalue weighted by atomic mass is 10.3. The molecule has 6 heteroatoms. The van der Waals surface area contributed by atoms with E-state index in [0.29, 0.717) is 0 Å². The van der Waals surface area contributed by atoms with Crippen molar-refractivity contribution < 1.29 is 14.7 Å². The number of carbonyl (C=O) groups excluding carboxylic acids is 1. The SMILES string of the molecule is O=C(O)C(S)C(S)C(=O)S. The minimum atomic E-state index is -1.18. The highest BCUT2D eigenvalue weighted by Crippen LogP contribution is 2.11. The summed E-state index contributed by atoms with van der Waals surface area (Å²) in [6, 6.07) is 0. The number of hydrogen-bond donors (Lipinski definition) is 4. The summed E-state index contributed by atoms with van der Waals surface area (Å²) in [7, 11) is 0. The molecule has 3 nitrogen and oxygen atoms in total. The van der Waals surface area contributed by atoms with Gasteiger partial charge in [-0.15, -0.1) is 12.6 Å². The van der Waals surface area contributed by atoms with Crippen molar-refractivity contribution in [2.24, 2.45) is 0 Å². The quantitative estimate of drug-likeness (QED) is 0.487. The highest BCUT2D eigenvalue weighted by Gasteiger charge is 2.25. The standard InChI is InChI=1S/C4H6O3S3/c5-3(6)1(8)2(9)4(7)10/h1-2,8-9H,(H,5,6)(H,7,10). The summed E-state index contributed by atoms with van der Waals surface area (Å²) in [5.41, 5.74) is 0. The van der Waals surface area contributed by atoms with Crippen LogP contribution in [0.25, 0.3) is 0 Å². The number of aliphatic carboxylic acids is 1. The summed E-state index contributed by atoms with van der Waals surface area (Å²) in [6.45, 7) is 0. The highest BCUT2D eigenvalue weighted by atomic mass is 32.1. The van der Waals surface area contributed by atoms with Gasteiger partial charge in [0.25, 0.3) is 0 Å². The van der Waals surface area contributed by atoms with Gasteiger partial charge in [-0.05, 0) is 0 Å². The van der Waals surface area contributed by atoms with E-state index in [1.165, 1.54) is 0 Å². The number of rotatable bonds is 3. The first kappa shape index (κ1) is 10.2. The number of carboxylic acids is 1. The molecule has 0 saturated heterocycles. The second-order valence-electron chi connectivity index (χ2n) is 1.57. The molecule has 10 heavy (non-hydrogen) atoms. The monoisotopic (exact) mass is 198 g/mol. The Hall–Kier alpha value is 0.190. The van der Waals surface area contributed by atoms with Gasteiger partial charge in [0.2, 0.25) is 0 Å². The van der Waals surface area contributed by atoms with Crippen molar-refractivity contribution in [3.63, 3.8) is 0 Å². The van der Waals surface area contributed by atoms with E-state index < -0.39 is 21.6 Å². The van der Waals surface area contributed by atoms with E-state index in [-0.39, 0.29) is 0 Å². The molecule has 0 aliphatic rings. The molecule has 0 aromatic rings. The maximum absolute atomic E-state index is 10.4. The van der Waals surface area contributed by atoms with Crippen molar-refractivity contribution in [1.29, 1.82) is 0 Å². The van der Waals surface area contributed by atoms with Gasteiger partial charge in [-0.1, -0.05) is 0 Å².